The number of hydrogen-bond acceptors (Lipinski definition) is 3. The van der Waals surface area contributed by atoms with Gasteiger partial charge in [0, 0.05) is 18.5 Å². The van der Waals surface area contributed by atoms with Crippen LogP contribution < -0.4 is 0 Å². The molecule has 0 radical (unpaired) electrons. The van der Waals surface area contributed by atoms with Crippen molar-refractivity contribution in [3.8, 4) is 0 Å². The molecule has 2 fully saturated rings. The Labute approximate surface area is 107 Å². The van der Waals surface area contributed by atoms with Gasteiger partial charge in [0.15, 0.2) is 4.77 Å². The molecule has 0 aromatic carbocycles. The first kappa shape index (κ1) is 11.4. The zero-order valence-corrected chi connectivity index (χ0v) is 11.3. The molecule has 3 heterocycles. The molecule has 94 valence electrons. The summed E-state index contributed by atoms with van der Waals surface area (Å²) in [5.74, 6) is 1.55. The van der Waals surface area contributed by atoms with Gasteiger partial charge < -0.3 is 0 Å². The van der Waals surface area contributed by atoms with Crippen molar-refractivity contribution < 1.29 is 0 Å². The van der Waals surface area contributed by atoms with Gasteiger partial charge in [0.25, 0.3) is 0 Å². The third-order valence-electron chi connectivity index (χ3n) is 4.15. The van der Waals surface area contributed by atoms with Crippen LogP contribution in [0.4, 0.5) is 0 Å². The normalized spacial score (nSPS) is 29.1. The summed E-state index contributed by atoms with van der Waals surface area (Å²) in [5, 5.41) is 7.37. The Morgan fingerprint density at radius 3 is 2.88 bits per heavy atom. The van der Waals surface area contributed by atoms with E-state index in [2.05, 4.69) is 33.5 Å². The molecule has 0 spiro atoms. The zero-order valence-electron chi connectivity index (χ0n) is 10.5. The molecule has 2 aliphatic heterocycles. The van der Waals surface area contributed by atoms with Gasteiger partial charge in [-0.1, -0.05) is 13.8 Å². The monoisotopic (exact) mass is 252 g/mol. The average Bonchev–Trinajstić information content (AvgIpc) is 2.91. The molecule has 1 aromatic heterocycles. The van der Waals surface area contributed by atoms with E-state index in [1.807, 2.05) is 0 Å². The van der Waals surface area contributed by atoms with Crippen molar-refractivity contribution in [3.63, 3.8) is 0 Å². The van der Waals surface area contributed by atoms with Crippen LogP contribution >= 0.6 is 12.2 Å². The second kappa shape index (κ2) is 4.21. The molecule has 0 saturated carbocycles. The molecule has 5 heteroatoms. The predicted octanol–water partition coefficient (Wildman–Crippen LogP) is 2.47. The van der Waals surface area contributed by atoms with Crippen molar-refractivity contribution in [2.45, 2.75) is 51.1 Å². The van der Waals surface area contributed by atoms with Crippen molar-refractivity contribution >= 4 is 12.2 Å². The second-order valence-electron chi connectivity index (χ2n) is 5.51. The summed E-state index contributed by atoms with van der Waals surface area (Å²) >= 11 is 5.42. The van der Waals surface area contributed by atoms with Gasteiger partial charge in [-0.3, -0.25) is 14.6 Å². The fourth-order valence-corrected chi connectivity index (χ4v) is 3.68. The summed E-state index contributed by atoms with van der Waals surface area (Å²) in [5.41, 5.74) is 0. The number of nitrogens with one attached hydrogen (secondary N) is 1. The first-order valence-electron chi connectivity index (χ1n) is 6.59. The lowest BCUT2D eigenvalue weighted by atomic mass is 10.1. The summed E-state index contributed by atoms with van der Waals surface area (Å²) in [7, 11) is 0. The Balaban J connectivity index is 1.99. The number of nitrogens with zero attached hydrogens (tertiary/aromatic N) is 3. The summed E-state index contributed by atoms with van der Waals surface area (Å²) in [6, 6.07) is 1.23. The van der Waals surface area contributed by atoms with Gasteiger partial charge in [0.2, 0.25) is 0 Å². The highest BCUT2D eigenvalue weighted by atomic mass is 32.1. The van der Waals surface area contributed by atoms with Crippen LogP contribution in [-0.4, -0.2) is 38.8 Å². The third-order valence-corrected chi connectivity index (χ3v) is 4.44. The highest BCUT2D eigenvalue weighted by Gasteiger charge is 2.39. The molecular weight excluding hydrogens is 232 g/mol. The Hall–Kier alpha value is -0.680. The predicted molar refractivity (Wildman–Crippen MR) is 69.7 cm³/mol. The number of aromatic nitrogens is 3. The largest absolute Gasteiger partial charge is 0.299 e. The van der Waals surface area contributed by atoms with Gasteiger partial charge in [-0.2, -0.15) is 5.10 Å². The molecule has 17 heavy (non-hydrogen) atoms. The fraction of sp³-hybridized carbons (Fsp3) is 0.833. The van der Waals surface area contributed by atoms with Crippen LogP contribution in [0.3, 0.4) is 0 Å². The Kier molecular flexibility index (Phi) is 2.83. The van der Waals surface area contributed by atoms with Crippen molar-refractivity contribution in [2.75, 3.05) is 13.1 Å². The molecule has 3 rings (SSSR count). The molecule has 2 atom stereocenters. The van der Waals surface area contributed by atoms with Crippen molar-refractivity contribution in [3.05, 3.63) is 10.6 Å². The molecule has 2 aliphatic rings. The quantitative estimate of drug-likeness (QED) is 0.822. The maximum Gasteiger partial charge on any atom is 0.195 e. The molecule has 0 bridgehead atoms. The third kappa shape index (κ3) is 1.76. The van der Waals surface area contributed by atoms with Crippen LogP contribution in [0.25, 0.3) is 0 Å². The molecule has 0 aliphatic carbocycles. The smallest absolute Gasteiger partial charge is 0.195 e. The Morgan fingerprint density at radius 1 is 1.29 bits per heavy atom. The SMILES string of the molecule is CC(C)c1n[nH]c(=S)n1C1CCN2CCCC12. The van der Waals surface area contributed by atoms with Gasteiger partial charge in [-0.25, -0.2) is 0 Å². The fourth-order valence-electron chi connectivity index (χ4n) is 3.40. The zero-order chi connectivity index (χ0) is 12.0. The van der Waals surface area contributed by atoms with Gasteiger partial charge in [-0.05, 0) is 38.0 Å². The minimum atomic E-state index is 0.429. The summed E-state index contributed by atoms with van der Waals surface area (Å²) in [4.78, 5) is 2.61. The van der Waals surface area contributed by atoms with Crippen molar-refractivity contribution in [1.29, 1.82) is 0 Å². The van der Waals surface area contributed by atoms with E-state index in [1.165, 1.54) is 32.4 Å². The number of H-pyrrole nitrogens is 1. The second-order valence-corrected chi connectivity index (χ2v) is 5.90. The topological polar surface area (TPSA) is 36.9 Å². The molecule has 1 N–H and O–H groups in total. The van der Waals surface area contributed by atoms with E-state index in [1.54, 1.807) is 0 Å². The van der Waals surface area contributed by atoms with E-state index in [0.717, 1.165) is 10.6 Å². The van der Waals surface area contributed by atoms with Crippen LogP contribution in [0.1, 0.15) is 50.9 Å². The van der Waals surface area contributed by atoms with E-state index < -0.39 is 0 Å². The summed E-state index contributed by atoms with van der Waals surface area (Å²) in [6.07, 6.45) is 3.87. The number of aromatic amines is 1. The molecule has 2 saturated heterocycles. The number of hydrogen-bond donors (Lipinski definition) is 1. The van der Waals surface area contributed by atoms with E-state index in [9.17, 15) is 0 Å². The molecule has 1 aromatic rings. The van der Waals surface area contributed by atoms with Crippen LogP contribution in [0.5, 0.6) is 0 Å². The average molecular weight is 252 g/mol. The summed E-state index contributed by atoms with van der Waals surface area (Å²) in [6.45, 7) is 6.86. The molecular formula is C12H20N4S. The van der Waals surface area contributed by atoms with Gasteiger partial charge >= 0.3 is 0 Å². The lowest BCUT2D eigenvalue weighted by Gasteiger charge is -2.23. The Bertz CT molecular complexity index is 461. The van der Waals surface area contributed by atoms with E-state index in [-0.39, 0.29) is 0 Å². The first-order valence-corrected chi connectivity index (χ1v) is 7.00. The van der Waals surface area contributed by atoms with Crippen LogP contribution in [-0.2, 0) is 0 Å². The summed E-state index contributed by atoms with van der Waals surface area (Å²) < 4.78 is 3.09. The molecule has 0 amide bonds. The van der Waals surface area contributed by atoms with E-state index in [0.29, 0.717) is 18.0 Å². The standard InChI is InChI=1S/C12H20N4S/c1-8(2)11-13-14-12(17)16(11)10-5-7-15-6-3-4-9(10)15/h8-10H,3-7H2,1-2H3,(H,14,17). The minimum absolute atomic E-state index is 0.429. The van der Waals surface area contributed by atoms with Crippen LogP contribution in [0.15, 0.2) is 0 Å². The maximum absolute atomic E-state index is 5.42. The van der Waals surface area contributed by atoms with Crippen molar-refractivity contribution in [2.24, 2.45) is 0 Å². The minimum Gasteiger partial charge on any atom is -0.299 e. The maximum atomic E-state index is 5.42. The van der Waals surface area contributed by atoms with Crippen molar-refractivity contribution in [1.82, 2.24) is 19.7 Å². The van der Waals surface area contributed by atoms with E-state index in [4.69, 9.17) is 12.2 Å². The lowest BCUT2D eigenvalue weighted by molar-refractivity contribution is 0.286. The highest BCUT2D eigenvalue weighted by Crippen LogP contribution is 2.37. The number of fused-ring (bicyclic) bond motifs is 1. The van der Waals surface area contributed by atoms with Crippen LogP contribution in [0.2, 0.25) is 0 Å². The Morgan fingerprint density at radius 2 is 2.12 bits per heavy atom. The van der Waals surface area contributed by atoms with Gasteiger partial charge in [0.1, 0.15) is 5.82 Å². The number of rotatable bonds is 2. The van der Waals surface area contributed by atoms with E-state index >= 15 is 0 Å². The first-order chi connectivity index (χ1) is 8.18. The van der Waals surface area contributed by atoms with Crippen LogP contribution in [0, 0.1) is 4.77 Å². The van der Waals surface area contributed by atoms with Gasteiger partial charge in [0.05, 0.1) is 6.04 Å². The van der Waals surface area contributed by atoms with Gasteiger partial charge in [-0.15, -0.1) is 0 Å². The lowest BCUT2D eigenvalue weighted by Crippen LogP contribution is -2.28. The highest BCUT2D eigenvalue weighted by molar-refractivity contribution is 7.71. The molecule has 4 nitrogen and oxygen atoms in total. The molecule has 2 unspecified atom stereocenters.